The lowest BCUT2D eigenvalue weighted by Crippen LogP contribution is -2.28. The van der Waals surface area contributed by atoms with E-state index in [2.05, 4.69) is 13.8 Å². The molecule has 436 valence electrons. The Balaban J connectivity index is 1.24. The van der Waals surface area contributed by atoms with E-state index in [0.717, 1.165) is 98.9 Å². The second-order valence-corrected chi connectivity index (χ2v) is 22.6. The SMILES string of the molecule is COCCC(Cc1ccc(Oc2ccc(CC(CCOC)C(F)(F)F)c(F)c2C(F)(F)c2ccccc2Cc2ccc(C3CCC(C)CC3)cc2)c(C(F)(F)c2ccccc2Cc2ccc(C3CCC(C)CC3)cc2)c1F)C(F)(F)F. The minimum absolute atomic E-state index is 0.00376. The van der Waals surface area contributed by atoms with Gasteiger partial charge in [-0.3, -0.25) is 0 Å². The molecule has 0 N–H and O–H groups in total. The quantitative estimate of drug-likeness (QED) is 0.0634. The lowest BCUT2D eigenvalue weighted by Gasteiger charge is -2.28. The normalized spacial score (nSPS) is 19.1. The number of hydrogen-bond donors (Lipinski definition) is 0. The van der Waals surface area contributed by atoms with Crippen LogP contribution in [0.1, 0.15) is 157 Å². The molecule has 2 fully saturated rings. The number of halogens is 12. The van der Waals surface area contributed by atoms with E-state index in [4.69, 9.17) is 14.2 Å². The zero-order chi connectivity index (χ0) is 58.3. The van der Waals surface area contributed by atoms with E-state index < -0.39 is 131 Å². The molecule has 0 saturated heterocycles. The first-order chi connectivity index (χ1) is 38.5. The summed E-state index contributed by atoms with van der Waals surface area (Å²) < 4.78 is 210. The van der Waals surface area contributed by atoms with E-state index in [1.807, 2.05) is 48.5 Å². The van der Waals surface area contributed by atoms with Crippen LogP contribution in [0.25, 0.3) is 0 Å². The number of alkyl halides is 10. The third-order valence-corrected chi connectivity index (χ3v) is 16.8. The topological polar surface area (TPSA) is 27.7 Å². The van der Waals surface area contributed by atoms with Crippen molar-refractivity contribution in [1.29, 1.82) is 0 Å². The van der Waals surface area contributed by atoms with E-state index in [1.165, 1.54) is 50.6 Å². The number of benzene rings is 6. The van der Waals surface area contributed by atoms with Crippen LogP contribution in [0.3, 0.4) is 0 Å². The minimum Gasteiger partial charge on any atom is -0.456 e. The van der Waals surface area contributed by atoms with Gasteiger partial charge in [0.05, 0.1) is 11.8 Å². The zero-order valence-corrected chi connectivity index (χ0v) is 46.1. The average Bonchev–Trinajstić information content (AvgIpc) is 3.55. The van der Waals surface area contributed by atoms with E-state index in [1.54, 1.807) is 0 Å². The lowest BCUT2D eigenvalue weighted by molar-refractivity contribution is -0.179. The van der Waals surface area contributed by atoms with Crippen LogP contribution < -0.4 is 4.74 Å². The van der Waals surface area contributed by atoms with Crippen molar-refractivity contribution in [2.45, 2.75) is 140 Å². The fourth-order valence-electron chi connectivity index (χ4n) is 11.9. The molecular weight excluding hydrogens is 1070 g/mol. The predicted molar refractivity (Wildman–Crippen MR) is 290 cm³/mol. The van der Waals surface area contributed by atoms with Crippen LogP contribution in [0.4, 0.5) is 52.7 Å². The molecule has 8 rings (SSSR count). The van der Waals surface area contributed by atoms with Gasteiger partial charge in [0.25, 0.3) is 0 Å². The van der Waals surface area contributed by atoms with Crippen LogP contribution in [0, 0.1) is 35.3 Å². The molecule has 0 aromatic heterocycles. The molecule has 0 radical (unpaired) electrons. The van der Waals surface area contributed by atoms with E-state index >= 15 is 26.3 Å². The molecule has 6 aromatic carbocycles. The highest BCUT2D eigenvalue weighted by Gasteiger charge is 2.48. The molecule has 15 heteroatoms. The molecule has 81 heavy (non-hydrogen) atoms. The van der Waals surface area contributed by atoms with E-state index in [9.17, 15) is 26.3 Å². The van der Waals surface area contributed by atoms with Crippen LogP contribution in [0.2, 0.25) is 0 Å². The first kappa shape index (κ1) is 61.3. The Morgan fingerprint density at radius 3 is 1.11 bits per heavy atom. The van der Waals surface area contributed by atoms with Crippen molar-refractivity contribution in [3.63, 3.8) is 0 Å². The van der Waals surface area contributed by atoms with Crippen molar-refractivity contribution in [3.05, 3.63) is 200 Å². The van der Waals surface area contributed by atoms with Gasteiger partial charge in [0.15, 0.2) is 0 Å². The molecule has 2 aliphatic rings. The van der Waals surface area contributed by atoms with Gasteiger partial charge in [0.1, 0.15) is 34.3 Å². The molecule has 0 amide bonds. The van der Waals surface area contributed by atoms with E-state index in [0.29, 0.717) is 34.8 Å². The summed E-state index contributed by atoms with van der Waals surface area (Å²) in [6, 6.07) is 28.4. The van der Waals surface area contributed by atoms with Gasteiger partial charge in [0.2, 0.25) is 0 Å². The molecular formula is C66H70F12O3. The summed E-state index contributed by atoms with van der Waals surface area (Å²) >= 11 is 0. The van der Waals surface area contributed by atoms with Crippen LogP contribution in [-0.4, -0.2) is 39.8 Å². The maximum Gasteiger partial charge on any atom is 0.392 e. The highest BCUT2D eigenvalue weighted by molar-refractivity contribution is 5.55. The van der Waals surface area contributed by atoms with Crippen molar-refractivity contribution in [2.75, 3.05) is 27.4 Å². The molecule has 3 nitrogen and oxygen atoms in total. The van der Waals surface area contributed by atoms with Gasteiger partial charge < -0.3 is 14.2 Å². The van der Waals surface area contributed by atoms with Crippen molar-refractivity contribution in [2.24, 2.45) is 23.7 Å². The monoisotopic (exact) mass is 1140 g/mol. The van der Waals surface area contributed by atoms with Gasteiger partial charge in [0, 0.05) is 38.6 Å². The van der Waals surface area contributed by atoms with Crippen LogP contribution in [-0.2, 0) is 47.0 Å². The summed E-state index contributed by atoms with van der Waals surface area (Å²) in [4.78, 5) is 0. The number of hydrogen-bond acceptors (Lipinski definition) is 3. The lowest BCUT2D eigenvalue weighted by atomic mass is 9.79. The Morgan fingerprint density at radius 1 is 0.432 bits per heavy atom. The largest absolute Gasteiger partial charge is 0.456 e. The van der Waals surface area contributed by atoms with Gasteiger partial charge >= 0.3 is 24.2 Å². The molecule has 0 spiro atoms. The summed E-state index contributed by atoms with van der Waals surface area (Å²) in [6.45, 7) is 3.61. The molecule has 6 aromatic rings. The van der Waals surface area contributed by atoms with Gasteiger partial charge in [-0.15, -0.1) is 0 Å². The van der Waals surface area contributed by atoms with Gasteiger partial charge in [-0.25, -0.2) is 8.78 Å². The molecule has 0 heterocycles. The third kappa shape index (κ3) is 14.7. The second-order valence-electron chi connectivity index (χ2n) is 22.6. The molecule has 2 unspecified atom stereocenters. The molecule has 2 atom stereocenters. The van der Waals surface area contributed by atoms with Gasteiger partial charge in [-0.1, -0.05) is 149 Å². The van der Waals surface area contributed by atoms with Crippen LogP contribution in [0.15, 0.2) is 121 Å². The van der Waals surface area contributed by atoms with Crippen LogP contribution in [0.5, 0.6) is 11.5 Å². The summed E-state index contributed by atoms with van der Waals surface area (Å²) in [5.41, 5.74) is -2.98. The number of rotatable bonds is 22. The van der Waals surface area contributed by atoms with Crippen molar-refractivity contribution in [1.82, 2.24) is 0 Å². The Hall–Kier alpha value is -5.80. The Bertz CT molecular complexity index is 2800. The summed E-state index contributed by atoms with van der Waals surface area (Å²) in [5.74, 6) is -17.6. The molecule has 2 saturated carbocycles. The third-order valence-electron chi connectivity index (χ3n) is 16.8. The van der Waals surface area contributed by atoms with Crippen molar-refractivity contribution >= 4 is 0 Å². The smallest absolute Gasteiger partial charge is 0.392 e. The summed E-state index contributed by atoms with van der Waals surface area (Å²) in [6.07, 6.45) is -5.36. The van der Waals surface area contributed by atoms with Crippen LogP contribution >= 0.6 is 0 Å². The highest BCUT2D eigenvalue weighted by Crippen LogP contribution is 2.51. The Labute approximate surface area is 467 Å². The first-order valence-corrected chi connectivity index (χ1v) is 28.0. The number of ether oxygens (including phenoxy) is 3. The molecule has 0 bridgehead atoms. The maximum atomic E-state index is 18.0. The molecule has 2 aliphatic carbocycles. The standard InChI is InChI=1S/C66H70F12O3/c1-41-13-21-45(22-14-41)47-25-17-43(18-26-47)37-49-9-5-7-11-55(49)63(69,70)59-57(31-29-51(61(59)67)39-53(33-35-79-3)65(73,74)75)81-58-32-30-52(40-54(34-36-80-4)66(76,77)78)62(68)60(58)64(71,72)56-12-8-6-10-50(56)38-44-19-27-48(28-20-44)46-23-15-42(2)16-24-46/h5-12,17-20,25-32,41-42,45-46,53-54H,13-16,21-24,33-40H2,1-4H3. The average molecular weight is 1140 g/mol. The predicted octanol–water partition coefficient (Wildman–Crippen LogP) is 19.3. The summed E-state index contributed by atoms with van der Waals surface area (Å²) in [5, 5.41) is 0. The van der Waals surface area contributed by atoms with E-state index in [-0.39, 0.29) is 24.0 Å². The highest BCUT2D eigenvalue weighted by atomic mass is 19.4. The van der Waals surface area contributed by atoms with Gasteiger partial charge in [-0.2, -0.15) is 43.9 Å². The molecule has 0 aliphatic heterocycles. The Kier molecular flexibility index (Phi) is 19.8. The van der Waals surface area contributed by atoms with Gasteiger partial charge in [-0.05, 0) is 145 Å². The zero-order valence-electron chi connectivity index (χ0n) is 46.1. The summed E-state index contributed by atoms with van der Waals surface area (Å²) in [7, 11) is 2.33. The fraction of sp³-hybridized carbons (Fsp3) is 0.455. The van der Waals surface area contributed by atoms with Crippen molar-refractivity contribution in [3.8, 4) is 11.5 Å². The second kappa shape index (κ2) is 26.2. The Morgan fingerprint density at radius 2 is 0.778 bits per heavy atom. The maximum absolute atomic E-state index is 18.0. The number of methoxy groups -OCH3 is 2. The van der Waals surface area contributed by atoms with Crippen molar-refractivity contribution < 1.29 is 66.9 Å². The fourth-order valence-corrected chi connectivity index (χ4v) is 11.9. The first-order valence-electron chi connectivity index (χ1n) is 28.0. The minimum atomic E-state index is -4.94.